The highest BCUT2D eigenvalue weighted by atomic mass is 32.2. The number of amides is 1. The fraction of sp³-hybridized carbons (Fsp3) is 0.318. The fourth-order valence-corrected chi connectivity index (χ4v) is 5.15. The molecule has 0 bridgehead atoms. The number of primary amides is 1. The number of benzene rings is 2. The maximum atomic E-state index is 13.6. The molecule has 0 saturated heterocycles. The van der Waals surface area contributed by atoms with E-state index >= 15 is 0 Å². The van der Waals surface area contributed by atoms with Gasteiger partial charge in [0.15, 0.2) is 0 Å². The Morgan fingerprint density at radius 1 is 1.21 bits per heavy atom. The minimum absolute atomic E-state index is 0.262. The summed E-state index contributed by atoms with van der Waals surface area (Å²) in [5, 5.41) is 0. The standard InChI is InChI=1S/C22H26N2O3S/c1-4-15(2)13-19-9-7-17-14-18(22(23)25)8-12-21(17)24(19)28(26,27)20-10-5-16(3)6-11-20/h5-6,8,10-14,19H,4,7,9H2,1-3H3,(H2,23,25)/b15-13+. The van der Waals surface area contributed by atoms with E-state index in [1.165, 1.54) is 4.31 Å². The van der Waals surface area contributed by atoms with E-state index < -0.39 is 15.9 Å². The maximum Gasteiger partial charge on any atom is 0.264 e. The van der Waals surface area contributed by atoms with Crippen molar-refractivity contribution in [3.8, 4) is 0 Å². The molecule has 0 fully saturated rings. The molecule has 0 saturated carbocycles. The van der Waals surface area contributed by atoms with Crippen LogP contribution in [-0.2, 0) is 16.4 Å². The molecule has 1 aliphatic heterocycles. The summed E-state index contributed by atoms with van der Waals surface area (Å²) in [5.41, 5.74) is 9.38. The Kier molecular flexibility index (Phi) is 5.61. The van der Waals surface area contributed by atoms with Gasteiger partial charge in [0.05, 0.1) is 16.6 Å². The zero-order valence-corrected chi connectivity index (χ0v) is 17.3. The molecule has 1 aliphatic rings. The first-order valence-electron chi connectivity index (χ1n) is 9.45. The van der Waals surface area contributed by atoms with E-state index in [2.05, 4.69) is 6.92 Å². The van der Waals surface area contributed by atoms with E-state index in [0.717, 1.165) is 23.1 Å². The highest BCUT2D eigenvalue weighted by Crippen LogP contribution is 2.37. The van der Waals surface area contributed by atoms with Crippen molar-refractivity contribution in [2.75, 3.05) is 4.31 Å². The van der Waals surface area contributed by atoms with Gasteiger partial charge in [0.1, 0.15) is 0 Å². The number of allylic oxidation sites excluding steroid dienone is 1. The monoisotopic (exact) mass is 398 g/mol. The smallest absolute Gasteiger partial charge is 0.264 e. The van der Waals surface area contributed by atoms with Crippen LogP contribution in [0.4, 0.5) is 5.69 Å². The second-order valence-corrected chi connectivity index (χ2v) is 9.11. The SMILES string of the molecule is CC/C(C)=C/C1CCc2cc(C(N)=O)ccc2N1S(=O)(=O)c1ccc(C)cc1. The van der Waals surface area contributed by atoms with Crippen LogP contribution in [0.5, 0.6) is 0 Å². The summed E-state index contributed by atoms with van der Waals surface area (Å²) in [5.74, 6) is -0.514. The molecule has 0 aromatic heterocycles. The van der Waals surface area contributed by atoms with E-state index in [0.29, 0.717) is 24.1 Å². The van der Waals surface area contributed by atoms with Gasteiger partial charge in [-0.05, 0) is 69.0 Å². The number of carbonyl (C=O) groups is 1. The van der Waals surface area contributed by atoms with Crippen molar-refractivity contribution >= 4 is 21.6 Å². The minimum Gasteiger partial charge on any atom is -0.366 e. The Hall–Kier alpha value is -2.60. The lowest BCUT2D eigenvalue weighted by Gasteiger charge is -2.37. The summed E-state index contributed by atoms with van der Waals surface area (Å²) in [7, 11) is -3.76. The molecule has 5 nitrogen and oxygen atoms in total. The highest BCUT2D eigenvalue weighted by molar-refractivity contribution is 7.92. The van der Waals surface area contributed by atoms with Crippen LogP contribution in [0.25, 0.3) is 0 Å². The van der Waals surface area contributed by atoms with Gasteiger partial charge in [-0.3, -0.25) is 9.10 Å². The Balaban J connectivity index is 2.17. The average molecular weight is 399 g/mol. The van der Waals surface area contributed by atoms with Crippen LogP contribution in [-0.4, -0.2) is 20.4 Å². The molecule has 0 spiro atoms. The van der Waals surface area contributed by atoms with E-state index in [1.807, 2.05) is 19.9 Å². The molecule has 1 heterocycles. The molecule has 0 aliphatic carbocycles. The molecule has 148 valence electrons. The van der Waals surface area contributed by atoms with E-state index in [1.54, 1.807) is 42.5 Å². The first kappa shape index (κ1) is 20.1. The predicted molar refractivity (Wildman–Crippen MR) is 112 cm³/mol. The normalized spacial score (nSPS) is 17.3. The summed E-state index contributed by atoms with van der Waals surface area (Å²) >= 11 is 0. The van der Waals surface area contributed by atoms with Crippen molar-refractivity contribution in [3.05, 3.63) is 70.8 Å². The van der Waals surface area contributed by atoms with Crippen molar-refractivity contribution in [2.45, 2.75) is 51.0 Å². The fourth-order valence-electron chi connectivity index (χ4n) is 3.48. The van der Waals surface area contributed by atoms with Crippen molar-refractivity contribution in [1.82, 2.24) is 0 Å². The minimum atomic E-state index is -3.76. The van der Waals surface area contributed by atoms with Gasteiger partial charge in [0.2, 0.25) is 5.91 Å². The number of rotatable bonds is 5. The van der Waals surface area contributed by atoms with Gasteiger partial charge in [-0.1, -0.05) is 36.3 Å². The molecule has 2 aromatic rings. The van der Waals surface area contributed by atoms with Crippen molar-refractivity contribution in [1.29, 1.82) is 0 Å². The van der Waals surface area contributed by atoms with Gasteiger partial charge >= 0.3 is 0 Å². The molecule has 2 aromatic carbocycles. The molecule has 1 unspecified atom stereocenters. The van der Waals surface area contributed by atoms with Crippen LogP contribution in [0.1, 0.15) is 48.2 Å². The van der Waals surface area contributed by atoms with Crippen LogP contribution in [0.3, 0.4) is 0 Å². The predicted octanol–water partition coefficient (Wildman–Crippen LogP) is 3.96. The van der Waals surface area contributed by atoms with E-state index in [9.17, 15) is 13.2 Å². The van der Waals surface area contributed by atoms with Gasteiger partial charge in [-0.25, -0.2) is 8.42 Å². The molecule has 3 rings (SSSR count). The van der Waals surface area contributed by atoms with Gasteiger partial charge in [0.25, 0.3) is 10.0 Å². The molecular weight excluding hydrogens is 372 g/mol. The summed E-state index contributed by atoms with van der Waals surface area (Å²) in [6.07, 6.45) is 4.24. The number of hydrogen-bond acceptors (Lipinski definition) is 3. The number of fused-ring (bicyclic) bond motifs is 1. The van der Waals surface area contributed by atoms with E-state index in [4.69, 9.17) is 5.73 Å². The summed E-state index contributed by atoms with van der Waals surface area (Å²) in [6, 6.07) is 11.6. The number of nitrogens with two attached hydrogens (primary N) is 1. The molecule has 6 heteroatoms. The quantitative estimate of drug-likeness (QED) is 0.774. The second-order valence-electron chi connectivity index (χ2n) is 7.29. The Labute approximate surface area is 166 Å². The zero-order valence-electron chi connectivity index (χ0n) is 16.5. The first-order chi connectivity index (χ1) is 13.2. The molecule has 2 N–H and O–H groups in total. The molecule has 1 atom stereocenters. The number of anilines is 1. The number of carbonyl (C=O) groups excluding carboxylic acids is 1. The van der Waals surface area contributed by atoms with Crippen LogP contribution >= 0.6 is 0 Å². The zero-order chi connectivity index (χ0) is 20.5. The number of sulfonamides is 1. The number of aryl methyl sites for hydroxylation is 2. The third-order valence-electron chi connectivity index (χ3n) is 5.22. The first-order valence-corrected chi connectivity index (χ1v) is 10.9. The lowest BCUT2D eigenvalue weighted by atomic mass is 9.95. The van der Waals surface area contributed by atoms with Crippen LogP contribution in [0, 0.1) is 6.92 Å². The van der Waals surface area contributed by atoms with Crippen molar-refractivity contribution in [3.63, 3.8) is 0 Å². The highest BCUT2D eigenvalue weighted by Gasteiger charge is 2.35. The number of nitrogens with zero attached hydrogens (tertiary/aromatic N) is 1. The van der Waals surface area contributed by atoms with Crippen LogP contribution < -0.4 is 10.0 Å². The Bertz CT molecular complexity index is 1020. The van der Waals surface area contributed by atoms with Crippen molar-refractivity contribution < 1.29 is 13.2 Å². The maximum absolute atomic E-state index is 13.6. The van der Waals surface area contributed by atoms with Crippen LogP contribution in [0.15, 0.2) is 59.0 Å². The molecule has 0 radical (unpaired) electrons. The third-order valence-corrected chi connectivity index (χ3v) is 7.08. The largest absolute Gasteiger partial charge is 0.366 e. The molecule has 1 amide bonds. The third kappa shape index (κ3) is 3.83. The van der Waals surface area contributed by atoms with Crippen molar-refractivity contribution in [2.24, 2.45) is 5.73 Å². The topological polar surface area (TPSA) is 80.5 Å². The Morgan fingerprint density at radius 2 is 1.89 bits per heavy atom. The number of hydrogen-bond donors (Lipinski definition) is 1. The second kappa shape index (κ2) is 7.80. The molecule has 28 heavy (non-hydrogen) atoms. The Morgan fingerprint density at radius 3 is 2.50 bits per heavy atom. The lowest BCUT2D eigenvalue weighted by Crippen LogP contribution is -2.43. The summed E-state index contributed by atoms with van der Waals surface area (Å²) < 4.78 is 28.6. The van der Waals surface area contributed by atoms with Gasteiger partial charge in [0, 0.05) is 5.56 Å². The van der Waals surface area contributed by atoms with Gasteiger partial charge in [-0.2, -0.15) is 0 Å². The summed E-state index contributed by atoms with van der Waals surface area (Å²) in [4.78, 5) is 11.8. The summed E-state index contributed by atoms with van der Waals surface area (Å²) in [6.45, 7) is 6.00. The lowest BCUT2D eigenvalue weighted by molar-refractivity contribution is 0.1000. The molecular formula is C22H26N2O3S. The average Bonchev–Trinajstić information content (AvgIpc) is 2.67. The van der Waals surface area contributed by atoms with E-state index in [-0.39, 0.29) is 10.9 Å². The van der Waals surface area contributed by atoms with Crippen LogP contribution in [0.2, 0.25) is 0 Å². The van der Waals surface area contributed by atoms with Gasteiger partial charge in [-0.15, -0.1) is 0 Å². The van der Waals surface area contributed by atoms with Gasteiger partial charge < -0.3 is 5.73 Å².